The highest BCUT2D eigenvalue weighted by Crippen LogP contribution is 2.36. The summed E-state index contributed by atoms with van der Waals surface area (Å²) in [7, 11) is 0. The Kier molecular flexibility index (Phi) is 7.25. The van der Waals surface area contributed by atoms with Gasteiger partial charge in [-0.15, -0.1) is 0 Å². The number of aromatic amines is 1. The van der Waals surface area contributed by atoms with Gasteiger partial charge in [-0.2, -0.15) is 0 Å². The third-order valence-corrected chi connectivity index (χ3v) is 6.75. The molecule has 1 unspecified atom stereocenters. The lowest BCUT2D eigenvalue weighted by atomic mass is 9.88. The Morgan fingerprint density at radius 3 is 2.30 bits per heavy atom. The van der Waals surface area contributed by atoms with Gasteiger partial charge in [0.25, 0.3) is 0 Å². The number of aromatic nitrogens is 1. The summed E-state index contributed by atoms with van der Waals surface area (Å²) < 4.78 is 0. The number of piperidine rings is 1. The van der Waals surface area contributed by atoms with E-state index in [-0.39, 0.29) is 0 Å². The molecule has 6 nitrogen and oxygen atoms in total. The topological polar surface area (TPSA) is 93.6 Å². The number of benzene rings is 2. The zero-order chi connectivity index (χ0) is 23.2. The molecule has 1 saturated heterocycles. The van der Waals surface area contributed by atoms with Crippen LogP contribution in [0, 0.1) is 0 Å². The van der Waals surface area contributed by atoms with E-state index >= 15 is 0 Å². The van der Waals surface area contributed by atoms with Crippen molar-refractivity contribution in [3.8, 4) is 0 Å². The van der Waals surface area contributed by atoms with E-state index in [9.17, 15) is 9.59 Å². The number of para-hydroxylation sites is 1. The number of hydrogen-bond acceptors (Lipinski definition) is 3. The van der Waals surface area contributed by atoms with Crippen LogP contribution in [0.3, 0.4) is 0 Å². The highest BCUT2D eigenvalue weighted by Gasteiger charge is 2.27. The van der Waals surface area contributed by atoms with Gasteiger partial charge in [-0.25, -0.2) is 9.59 Å². The second-order valence-electron chi connectivity index (χ2n) is 8.81. The Morgan fingerprint density at radius 2 is 1.58 bits per heavy atom. The lowest BCUT2D eigenvalue weighted by molar-refractivity contribution is -0.134. The van der Waals surface area contributed by atoms with E-state index in [1.165, 1.54) is 61.8 Å². The maximum absolute atomic E-state index is 9.55. The molecule has 1 fully saturated rings. The fourth-order valence-electron chi connectivity index (χ4n) is 5.15. The Hall–Kier alpha value is -3.38. The van der Waals surface area contributed by atoms with Gasteiger partial charge < -0.3 is 20.1 Å². The van der Waals surface area contributed by atoms with Gasteiger partial charge in [0.1, 0.15) is 0 Å². The van der Waals surface area contributed by atoms with Crippen LogP contribution in [-0.2, 0) is 16.0 Å². The molecule has 2 aromatic carbocycles. The van der Waals surface area contributed by atoms with E-state index in [4.69, 9.17) is 10.2 Å². The molecular formula is C27H30N2O4. The van der Waals surface area contributed by atoms with Gasteiger partial charge in [0.05, 0.1) is 0 Å². The van der Waals surface area contributed by atoms with Crippen LogP contribution in [0.25, 0.3) is 10.9 Å². The van der Waals surface area contributed by atoms with Crippen molar-refractivity contribution in [2.75, 3.05) is 19.6 Å². The molecule has 172 valence electrons. The average Bonchev–Trinajstić information content (AvgIpc) is 3.43. The van der Waals surface area contributed by atoms with Crippen LogP contribution >= 0.6 is 0 Å². The number of H-pyrrole nitrogens is 1. The molecule has 0 amide bonds. The van der Waals surface area contributed by atoms with Crippen molar-refractivity contribution in [1.82, 2.24) is 9.88 Å². The van der Waals surface area contributed by atoms with Gasteiger partial charge in [0, 0.05) is 35.8 Å². The number of fused-ring (bicyclic) bond motifs is 2. The number of carboxylic acid groups (broad SMARTS) is 2. The minimum Gasteiger partial charge on any atom is -0.478 e. The molecule has 3 N–H and O–H groups in total. The number of nitrogens with zero attached hydrogens (tertiary/aromatic N) is 1. The predicted octanol–water partition coefficient (Wildman–Crippen LogP) is 4.79. The SMILES string of the molecule is O=C(O)/C=C/C(=O)O.c1ccc2c(c1)CCC2CN1CCC(c2c[nH]c3ccccc23)CC1. The second kappa shape index (κ2) is 10.5. The fraction of sp³-hybridized carbons (Fsp3) is 0.333. The summed E-state index contributed by atoms with van der Waals surface area (Å²) in [6, 6.07) is 17.8. The van der Waals surface area contributed by atoms with E-state index < -0.39 is 11.9 Å². The first-order valence-corrected chi connectivity index (χ1v) is 11.5. The molecule has 0 saturated carbocycles. The van der Waals surface area contributed by atoms with Crippen molar-refractivity contribution in [3.63, 3.8) is 0 Å². The first kappa shape index (κ1) is 22.8. The monoisotopic (exact) mass is 446 g/mol. The van der Waals surface area contributed by atoms with Gasteiger partial charge in [0.15, 0.2) is 0 Å². The average molecular weight is 447 g/mol. The largest absolute Gasteiger partial charge is 0.478 e. The summed E-state index contributed by atoms with van der Waals surface area (Å²) in [5.41, 5.74) is 6.01. The first-order chi connectivity index (χ1) is 16.0. The number of likely N-dealkylation sites (tertiary alicyclic amines) is 1. The molecule has 3 aromatic rings. The lowest BCUT2D eigenvalue weighted by Gasteiger charge is -2.33. The summed E-state index contributed by atoms with van der Waals surface area (Å²) in [5.74, 6) is -1.05. The number of rotatable bonds is 5. The lowest BCUT2D eigenvalue weighted by Crippen LogP contribution is -2.35. The highest BCUT2D eigenvalue weighted by atomic mass is 16.4. The molecule has 0 radical (unpaired) electrons. The maximum Gasteiger partial charge on any atom is 0.328 e. The number of carbonyl (C=O) groups is 2. The van der Waals surface area contributed by atoms with E-state index in [1.54, 1.807) is 11.1 Å². The summed E-state index contributed by atoms with van der Waals surface area (Å²) in [6.45, 7) is 3.73. The second-order valence-corrected chi connectivity index (χ2v) is 8.81. The van der Waals surface area contributed by atoms with Crippen LogP contribution in [0.5, 0.6) is 0 Å². The molecule has 33 heavy (non-hydrogen) atoms. The number of aliphatic carboxylic acids is 2. The van der Waals surface area contributed by atoms with Crippen LogP contribution in [0.15, 0.2) is 66.9 Å². The Bertz CT molecular complexity index is 1130. The fourth-order valence-corrected chi connectivity index (χ4v) is 5.15. The summed E-state index contributed by atoms with van der Waals surface area (Å²) in [6.07, 6.45) is 8.55. The zero-order valence-corrected chi connectivity index (χ0v) is 18.6. The van der Waals surface area contributed by atoms with Crippen LogP contribution in [0.4, 0.5) is 0 Å². The van der Waals surface area contributed by atoms with Crippen LogP contribution < -0.4 is 0 Å². The molecule has 1 atom stereocenters. The number of aryl methyl sites for hydroxylation is 1. The Labute approximate surface area is 193 Å². The molecule has 0 spiro atoms. The number of nitrogens with one attached hydrogen (secondary N) is 1. The standard InChI is InChI=1S/C23H26N2.C4H4O4/c1-2-6-20-17(5-1)9-10-19(20)16-25-13-11-18(12-14-25)22-15-24-23-8-4-3-7-21(22)23;5-3(6)1-2-4(7)8/h1-8,15,18-19,24H,9-14,16H2;1-2H,(H,5,6)(H,7,8)/b;2-1+. The smallest absolute Gasteiger partial charge is 0.328 e. The summed E-state index contributed by atoms with van der Waals surface area (Å²) in [4.78, 5) is 25.3. The van der Waals surface area contributed by atoms with Gasteiger partial charge >= 0.3 is 11.9 Å². The summed E-state index contributed by atoms with van der Waals surface area (Å²) >= 11 is 0. The van der Waals surface area contributed by atoms with Crippen LogP contribution in [-0.4, -0.2) is 51.7 Å². The van der Waals surface area contributed by atoms with Crippen molar-refractivity contribution < 1.29 is 19.8 Å². The third kappa shape index (κ3) is 5.71. The van der Waals surface area contributed by atoms with Gasteiger partial charge in [-0.05, 0) is 73.4 Å². The van der Waals surface area contributed by atoms with Crippen LogP contribution in [0.1, 0.15) is 47.8 Å². The van der Waals surface area contributed by atoms with E-state index in [2.05, 4.69) is 64.6 Å². The zero-order valence-electron chi connectivity index (χ0n) is 18.6. The van der Waals surface area contributed by atoms with Crippen molar-refractivity contribution in [2.45, 2.75) is 37.5 Å². The first-order valence-electron chi connectivity index (χ1n) is 11.5. The minimum absolute atomic E-state index is 0.558. The molecule has 5 rings (SSSR count). The number of hydrogen-bond donors (Lipinski definition) is 3. The van der Waals surface area contributed by atoms with Gasteiger partial charge in [0.2, 0.25) is 0 Å². The molecule has 1 aliphatic carbocycles. The molecule has 6 heteroatoms. The van der Waals surface area contributed by atoms with E-state index in [1.807, 2.05) is 0 Å². The van der Waals surface area contributed by atoms with Gasteiger partial charge in [-0.1, -0.05) is 42.5 Å². The van der Waals surface area contributed by atoms with Crippen molar-refractivity contribution >= 4 is 22.8 Å². The van der Waals surface area contributed by atoms with Crippen molar-refractivity contribution in [2.24, 2.45) is 0 Å². The molecule has 1 aromatic heterocycles. The summed E-state index contributed by atoms with van der Waals surface area (Å²) in [5, 5.41) is 17.0. The molecule has 2 aliphatic rings. The molecule has 0 bridgehead atoms. The van der Waals surface area contributed by atoms with Crippen molar-refractivity contribution in [3.05, 3.63) is 83.6 Å². The molecular weight excluding hydrogens is 416 g/mol. The van der Waals surface area contributed by atoms with E-state index in [0.29, 0.717) is 18.1 Å². The maximum atomic E-state index is 9.55. The predicted molar refractivity (Wildman–Crippen MR) is 129 cm³/mol. The highest BCUT2D eigenvalue weighted by molar-refractivity contribution is 5.89. The minimum atomic E-state index is -1.26. The number of carboxylic acids is 2. The Morgan fingerprint density at radius 1 is 0.909 bits per heavy atom. The Balaban J connectivity index is 0.000000281. The molecule has 1 aliphatic heterocycles. The normalized spacial score (nSPS) is 18.7. The van der Waals surface area contributed by atoms with Gasteiger partial charge in [-0.3, -0.25) is 0 Å². The van der Waals surface area contributed by atoms with Crippen molar-refractivity contribution in [1.29, 1.82) is 0 Å². The third-order valence-electron chi connectivity index (χ3n) is 6.75. The molecule has 2 heterocycles. The van der Waals surface area contributed by atoms with Crippen LogP contribution in [0.2, 0.25) is 0 Å². The quantitative estimate of drug-likeness (QED) is 0.490. The van der Waals surface area contributed by atoms with E-state index in [0.717, 1.165) is 5.92 Å².